The molecule has 0 spiro atoms. The zero-order chi connectivity index (χ0) is 20.5. The largest absolute Gasteiger partial charge is 0.377 e. The van der Waals surface area contributed by atoms with Crippen LogP contribution in [0.2, 0.25) is 0 Å². The van der Waals surface area contributed by atoms with Gasteiger partial charge in [-0.1, -0.05) is 0 Å². The Morgan fingerprint density at radius 1 is 1.14 bits per heavy atom. The Morgan fingerprint density at radius 3 is 2.46 bits per heavy atom. The summed E-state index contributed by atoms with van der Waals surface area (Å²) in [6, 6.07) is 8.19. The van der Waals surface area contributed by atoms with Gasteiger partial charge in [0.1, 0.15) is 5.82 Å². The van der Waals surface area contributed by atoms with Crippen molar-refractivity contribution >= 4 is 21.2 Å². The molecule has 1 aliphatic heterocycles. The zero-order valence-electron chi connectivity index (χ0n) is 16.8. The summed E-state index contributed by atoms with van der Waals surface area (Å²) < 4.78 is 38.6. The van der Waals surface area contributed by atoms with Crippen molar-refractivity contribution in [2.24, 2.45) is 0 Å². The number of sulfone groups is 1. The molecular weight excluding hydrogens is 377 g/mol. The van der Waals surface area contributed by atoms with Crippen LogP contribution in [0.1, 0.15) is 29.7 Å². The van der Waals surface area contributed by atoms with Crippen molar-refractivity contribution in [3.05, 3.63) is 52.8 Å². The first-order valence-corrected chi connectivity index (χ1v) is 11.4. The third-order valence-electron chi connectivity index (χ3n) is 5.36. The van der Waals surface area contributed by atoms with E-state index in [4.69, 9.17) is 0 Å². The molecule has 1 atom stereocenters. The van der Waals surface area contributed by atoms with Gasteiger partial charge in [-0.25, -0.2) is 12.8 Å². The number of hydrogen-bond acceptors (Lipinski definition) is 5. The number of halogens is 1. The van der Waals surface area contributed by atoms with Gasteiger partial charge in [-0.3, -0.25) is 0 Å². The van der Waals surface area contributed by atoms with Crippen molar-refractivity contribution in [2.45, 2.75) is 31.7 Å². The molecule has 2 aromatic rings. The number of piperazine rings is 1. The third-order valence-corrected chi connectivity index (χ3v) is 6.51. The van der Waals surface area contributed by atoms with Crippen LogP contribution in [0.3, 0.4) is 0 Å². The fourth-order valence-corrected chi connectivity index (χ4v) is 4.51. The van der Waals surface area contributed by atoms with Gasteiger partial charge in [0.15, 0.2) is 9.84 Å². The van der Waals surface area contributed by atoms with Crippen LogP contribution in [0, 0.1) is 19.7 Å². The van der Waals surface area contributed by atoms with Gasteiger partial charge < -0.3 is 15.5 Å². The maximum absolute atomic E-state index is 13.9. The lowest BCUT2D eigenvalue weighted by atomic mass is 9.98. The lowest BCUT2D eigenvalue weighted by Crippen LogP contribution is -2.43. The lowest BCUT2D eigenvalue weighted by molar-refractivity contribution is 0.589. The standard InChI is InChI=1S/C21H28FN3O2S/c1-14-11-17(22)12-19(15(14)2)16(3)24-20-13-18(25-9-7-23-8-10-25)5-6-21(20)28(4,26)27/h5-6,11-13,16,23-24H,7-10H2,1-4H3. The number of hydrogen-bond donors (Lipinski definition) is 2. The van der Waals surface area contributed by atoms with Crippen molar-refractivity contribution in [3.63, 3.8) is 0 Å². The first-order valence-electron chi connectivity index (χ1n) is 9.50. The maximum atomic E-state index is 13.9. The SMILES string of the molecule is Cc1cc(F)cc(C(C)Nc2cc(N3CCNCC3)ccc2S(C)(=O)=O)c1C. The van der Waals surface area contributed by atoms with Crippen LogP contribution in [-0.2, 0) is 9.84 Å². The molecule has 0 aliphatic carbocycles. The van der Waals surface area contributed by atoms with Crippen molar-refractivity contribution in [2.75, 3.05) is 42.7 Å². The maximum Gasteiger partial charge on any atom is 0.177 e. The van der Waals surface area contributed by atoms with Crippen LogP contribution in [0.15, 0.2) is 35.2 Å². The highest BCUT2D eigenvalue weighted by atomic mass is 32.2. The highest BCUT2D eigenvalue weighted by Crippen LogP contribution is 2.32. The number of nitrogens with one attached hydrogen (secondary N) is 2. The Balaban J connectivity index is 1.99. The number of anilines is 2. The summed E-state index contributed by atoms with van der Waals surface area (Å²) in [5.41, 5.74) is 4.23. The Labute approximate surface area is 166 Å². The smallest absolute Gasteiger partial charge is 0.177 e. The normalized spacial score (nSPS) is 16.1. The van der Waals surface area contributed by atoms with E-state index in [9.17, 15) is 12.8 Å². The van der Waals surface area contributed by atoms with Crippen LogP contribution in [0.4, 0.5) is 15.8 Å². The van der Waals surface area contributed by atoms with Crippen LogP contribution in [0.5, 0.6) is 0 Å². The van der Waals surface area contributed by atoms with Crippen LogP contribution in [-0.4, -0.2) is 40.9 Å². The number of nitrogens with zero attached hydrogens (tertiary/aromatic N) is 1. The van der Waals surface area contributed by atoms with Gasteiger partial charge in [0.05, 0.1) is 10.6 Å². The monoisotopic (exact) mass is 405 g/mol. The van der Waals surface area contributed by atoms with E-state index in [1.165, 1.54) is 18.4 Å². The highest BCUT2D eigenvalue weighted by Gasteiger charge is 2.20. The van der Waals surface area contributed by atoms with E-state index in [0.29, 0.717) is 5.69 Å². The minimum Gasteiger partial charge on any atom is -0.377 e. The van der Waals surface area contributed by atoms with E-state index in [1.807, 2.05) is 32.9 Å². The van der Waals surface area contributed by atoms with E-state index < -0.39 is 9.84 Å². The van der Waals surface area contributed by atoms with Crippen LogP contribution < -0.4 is 15.5 Å². The van der Waals surface area contributed by atoms with Gasteiger partial charge >= 0.3 is 0 Å². The van der Waals surface area contributed by atoms with Crippen molar-refractivity contribution in [1.29, 1.82) is 0 Å². The van der Waals surface area contributed by atoms with E-state index in [-0.39, 0.29) is 16.8 Å². The summed E-state index contributed by atoms with van der Waals surface area (Å²) in [4.78, 5) is 2.49. The summed E-state index contributed by atoms with van der Waals surface area (Å²) in [6.07, 6.45) is 1.21. The lowest BCUT2D eigenvalue weighted by Gasteiger charge is -2.30. The summed E-state index contributed by atoms with van der Waals surface area (Å²) in [5, 5.41) is 6.64. The molecule has 5 nitrogen and oxygen atoms in total. The Morgan fingerprint density at radius 2 is 1.82 bits per heavy atom. The number of aryl methyl sites for hydroxylation is 1. The summed E-state index contributed by atoms with van der Waals surface area (Å²) in [7, 11) is -3.40. The average molecular weight is 406 g/mol. The Kier molecular flexibility index (Phi) is 5.95. The van der Waals surface area contributed by atoms with E-state index >= 15 is 0 Å². The molecule has 7 heteroatoms. The molecule has 0 saturated carbocycles. The van der Waals surface area contributed by atoms with Crippen LogP contribution in [0.25, 0.3) is 0 Å². The predicted octanol–water partition coefficient (Wildman–Crippen LogP) is 3.43. The molecule has 0 amide bonds. The second kappa shape index (κ2) is 8.09. The number of benzene rings is 2. The van der Waals surface area contributed by atoms with E-state index in [0.717, 1.165) is 48.6 Å². The molecule has 152 valence electrons. The Bertz CT molecular complexity index is 970. The first kappa shape index (κ1) is 20.6. The van der Waals surface area contributed by atoms with Gasteiger partial charge in [-0.15, -0.1) is 0 Å². The molecule has 1 saturated heterocycles. The molecular formula is C21H28FN3O2S. The van der Waals surface area contributed by atoms with Crippen LogP contribution >= 0.6 is 0 Å². The molecule has 1 unspecified atom stereocenters. The van der Waals surface area contributed by atoms with Gasteiger partial charge in [0.2, 0.25) is 0 Å². The van der Waals surface area contributed by atoms with Crippen molar-refractivity contribution in [1.82, 2.24) is 5.32 Å². The van der Waals surface area contributed by atoms with Crippen molar-refractivity contribution in [3.8, 4) is 0 Å². The first-order chi connectivity index (χ1) is 13.2. The molecule has 2 aromatic carbocycles. The molecule has 1 heterocycles. The quantitative estimate of drug-likeness (QED) is 0.798. The molecule has 2 N–H and O–H groups in total. The van der Waals surface area contributed by atoms with Gasteiger partial charge in [0, 0.05) is 44.2 Å². The third kappa shape index (κ3) is 4.47. The predicted molar refractivity (Wildman–Crippen MR) is 113 cm³/mol. The van der Waals surface area contributed by atoms with E-state index in [2.05, 4.69) is 15.5 Å². The summed E-state index contributed by atoms with van der Waals surface area (Å²) in [5.74, 6) is -0.287. The van der Waals surface area contributed by atoms with Crippen molar-refractivity contribution < 1.29 is 12.8 Å². The zero-order valence-corrected chi connectivity index (χ0v) is 17.7. The van der Waals surface area contributed by atoms with E-state index in [1.54, 1.807) is 6.07 Å². The van der Waals surface area contributed by atoms with Gasteiger partial charge in [-0.2, -0.15) is 0 Å². The minimum absolute atomic E-state index is 0.242. The molecule has 0 aromatic heterocycles. The molecule has 0 radical (unpaired) electrons. The second-order valence-electron chi connectivity index (χ2n) is 7.49. The summed E-state index contributed by atoms with van der Waals surface area (Å²) >= 11 is 0. The highest BCUT2D eigenvalue weighted by molar-refractivity contribution is 7.90. The molecule has 0 bridgehead atoms. The average Bonchev–Trinajstić information content (AvgIpc) is 2.64. The Hall–Kier alpha value is -2.12. The fraction of sp³-hybridized carbons (Fsp3) is 0.429. The second-order valence-corrected chi connectivity index (χ2v) is 9.48. The molecule has 1 aliphatic rings. The molecule has 28 heavy (non-hydrogen) atoms. The fourth-order valence-electron chi connectivity index (χ4n) is 3.68. The molecule has 1 fully saturated rings. The number of rotatable bonds is 5. The van der Waals surface area contributed by atoms with Gasteiger partial charge in [-0.05, 0) is 67.8 Å². The van der Waals surface area contributed by atoms with Gasteiger partial charge in [0.25, 0.3) is 0 Å². The summed E-state index contributed by atoms with van der Waals surface area (Å²) in [6.45, 7) is 9.29. The molecule has 3 rings (SSSR count). The minimum atomic E-state index is -3.40. The topological polar surface area (TPSA) is 61.4 Å².